The van der Waals surface area contributed by atoms with Crippen LogP contribution in [0.3, 0.4) is 0 Å². The Morgan fingerprint density at radius 1 is 1.35 bits per heavy atom. The van der Waals surface area contributed by atoms with Crippen LogP contribution in [0, 0.1) is 0 Å². The SMILES string of the molecule is COc1ccc(N(C)C(=O)C(CN)OC)cc1. The highest BCUT2D eigenvalue weighted by molar-refractivity contribution is 5.96. The molecule has 5 heteroatoms. The lowest BCUT2D eigenvalue weighted by Crippen LogP contribution is -2.41. The Morgan fingerprint density at radius 3 is 2.35 bits per heavy atom. The van der Waals surface area contributed by atoms with E-state index in [0.29, 0.717) is 0 Å². The predicted molar refractivity (Wildman–Crippen MR) is 66.3 cm³/mol. The van der Waals surface area contributed by atoms with Crippen LogP contribution in [0.25, 0.3) is 0 Å². The van der Waals surface area contributed by atoms with Gasteiger partial charge in [0.15, 0.2) is 0 Å². The van der Waals surface area contributed by atoms with Gasteiger partial charge in [-0.2, -0.15) is 0 Å². The third-order valence-corrected chi connectivity index (χ3v) is 2.56. The lowest BCUT2D eigenvalue weighted by Gasteiger charge is -2.22. The van der Waals surface area contributed by atoms with E-state index < -0.39 is 6.10 Å². The predicted octanol–water partition coefficient (Wildman–Crippen LogP) is 0.632. The van der Waals surface area contributed by atoms with Crippen LogP contribution in [0.1, 0.15) is 0 Å². The molecular weight excluding hydrogens is 220 g/mol. The average molecular weight is 238 g/mol. The summed E-state index contributed by atoms with van der Waals surface area (Å²) in [6.07, 6.45) is -0.609. The summed E-state index contributed by atoms with van der Waals surface area (Å²) in [5.74, 6) is 0.580. The molecule has 1 unspecified atom stereocenters. The van der Waals surface area contributed by atoms with Crippen LogP contribution < -0.4 is 15.4 Å². The maximum Gasteiger partial charge on any atom is 0.257 e. The van der Waals surface area contributed by atoms with E-state index in [9.17, 15) is 4.79 Å². The summed E-state index contributed by atoms with van der Waals surface area (Å²) in [6, 6.07) is 7.20. The van der Waals surface area contributed by atoms with Gasteiger partial charge in [-0.05, 0) is 24.3 Å². The fraction of sp³-hybridized carbons (Fsp3) is 0.417. The number of rotatable bonds is 5. The Labute approximate surface area is 101 Å². The lowest BCUT2D eigenvalue weighted by molar-refractivity contribution is -0.127. The summed E-state index contributed by atoms with van der Waals surface area (Å²) >= 11 is 0. The van der Waals surface area contributed by atoms with Gasteiger partial charge in [0.1, 0.15) is 11.9 Å². The molecule has 1 aromatic carbocycles. The second-order valence-corrected chi connectivity index (χ2v) is 3.56. The minimum absolute atomic E-state index is 0.163. The lowest BCUT2D eigenvalue weighted by atomic mass is 10.2. The van der Waals surface area contributed by atoms with Crippen LogP contribution in [0.5, 0.6) is 5.75 Å². The standard InChI is InChI=1S/C12H18N2O3/c1-14(12(15)11(8-13)17-3)9-4-6-10(16-2)7-5-9/h4-7,11H,8,13H2,1-3H3. The van der Waals surface area contributed by atoms with Gasteiger partial charge in [-0.25, -0.2) is 0 Å². The van der Waals surface area contributed by atoms with Crippen LogP contribution in [-0.2, 0) is 9.53 Å². The number of amides is 1. The number of nitrogens with zero attached hydrogens (tertiary/aromatic N) is 1. The highest BCUT2D eigenvalue weighted by Gasteiger charge is 2.21. The van der Waals surface area contributed by atoms with E-state index >= 15 is 0 Å². The third-order valence-electron chi connectivity index (χ3n) is 2.56. The van der Waals surface area contributed by atoms with Crippen molar-refractivity contribution >= 4 is 11.6 Å². The minimum atomic E-state index is -0.609. The Balaban J connectivity index is 2.80. The molecule has 1 aromatic rings. The molecule has 0 radical (unpaired) electrons. The molecule has 0 bridgehead atoms. The molecule has 5 nitrogen and oxygen atoms in total. The Hall–Kier alpha value is -1.59. The summed E-state index contributed by atoms with van der Waals surface area (Å²) in [5, 5.41) is 0. The van der Waals surface area contributed by atoms with Crippen molar-refractivity contribution in [1.82, 2.24) is 0 Å². The van der Waals surface area contributed by atoms with Crippen LogP contribution in [0.15, 0.2) is 24.3 Å². The summed E-state index contributed by atoms with van der Waals surface area (Å²) in [5.41, 5.74) is 6.22. The first-order chi connectivity index (χ1) is 8.13. The molecule has 0 heterocycles. The first-order valence-electron chi connectivity index (χ1n) is 5.28. The highest BCUT2D eigenvalue weighted by atomic mass is 16.5. The van der Waals surface area contributed by atoms with E-state index in [-0.39, 0.29) is 12.5 Å². The second kappa shape index (κ2) is 6.22. The van der Waals surface area contributed by atoms with Crippen molar-refractivity contribution in [3.8, 4) is 5.75 Å². The Bertz CT molecular complexity index is 361. The summed E-state index contributed by atoms with van der Waals surface area (Å²) in [6.45, 7) is 0.163. The normalized spacial score (nSPS) is 12.0. The first-order valence-corrected chi connectivity index (χ1v) is 5.28. The van der Waals surface area contributed by atoms with Gasteiger partial charge in [-0.3, -0.25) is 4.79 Å². The second-order valence-electron chi connectivity index (χ2n) is 3.56. The molecule has 0 spiro atoms. The van der Waals surface area contributed by atoms with Gasteiger partial charge in [0.2, 0.25) is 0 Å². The molecule has 0 aliphatic heterocycles. The van der Waals surface area contributed by atoms with Gasteiger partial charge in [0.05, 0.1) is 7.11 Å². The van der Waals surface area contributed by atoms with Crippen LogP contribution >= 0.6 is 0 Å². The number of hydrogen-bond donors (Lipinski definition) is 1. The molecular formula is C12H18N2O3. The number of likely N-dealkylation sites (N-methyl/N-ethyl adjacent to an activating group) is 1. The zero-order valence-corrected chi connectivity index (χ0v) is 10.3. The van der Waals surface area contributed by atoms with Crippen molar-refractivity contribution in [1.29, 1.82) is 0 Å². The van der Waals surface area contributed by atoms with Crippen molar-refractivity contribution in [2.24, 2.45) is 5.73 Å². The zero-order chi connectivity index (χ0) is 12.8. The largest absolute Gasteiger partial charge is 0.497 e. The van der Waals surface area contributed by atoms with Gasteiger partial charge in [0, 0.05) is 26.4 Å². The quantitative estimate of drug-likeness (QED) is 0.817. The monoisotopic (exact) mass is 238 g/mol. The molecule has 17 heavy (non-hydrogen) atoms. The molecule has 0 aliphatic rings. The maximum absolute atomic E-state index is 11.9. The van der Waals surface area contributed by atoms with Crippen LogP contribution in [-0.4, -0.2) is 39.8 Å². The first kappa shape index (κ1) is 13.5. The van der Waals surface area contributed by atoms with Crippen molar-refractivity contribution in [3.63, 3.8) is 0 Å². The maximum atomic E-state index is 11.9. The zero-order valence-electron chi connectivity index (χ0n) is 10.3. The van der Waals surface area contributed by atoms with Gasteiger partial charge < -0.3 is 20.1 Å². The molecule has 1 rings (SSSR count). The van der Waals surface area contributed by atoms with Gasteiger partial charge in [-0.15, -0.1) is 0 Å². The molecule has 1 amide bonds. The number of anilines is 1. The molecule has 94 valence electrons. The van der Waals surface area contributed by atoms with Crippen molar-refractivity contribution in [2.75, 3.05) is 32.7 Å². The number of carbonyl (C=O) groups is 1. The number of ether oxygens (including phenoxy) is 2. The molecule has 0 aromatic heterocycles. The summed E-state index contributed by atoms with van der Waals surface area (Å²) in [7, 11) is 4.75. The number of nitrogens with two attached hydrogens (primary N) is 1. The van der Waals surface area contributed by atoms with E-state index in [0.717, 1.165) is 11.4 Å². The summed E-state index contributed by atoms with van der Waals surface area (Å²) < 4.78 is 10.1. The molecule has 0 saturated heterocycles. The number of methoxy groups -OCH3 is 2. The highest BCUT2D eigenvalue weighted by Crippen LogP contribution is 2.18. The topological polar surface area (TPSA) is 64.8 Å². The number of hydrogen-bond acceptors (Lipinski definition) is 4. The minimum Gasteiger partial charge on any atom is -0.497 e. The van der Waals surface area contributed by atoms with E-state index in [4.69, 9.17) is 15.2 Å². The molecule has 1 atom stereocenters. The van der Waals surface area contributed by atoms with Crippen molar-refractivity contribution in [2.45, 2.75) is 6.10 Å². The van der Waals surface area contributed by atoms with Gasteiger partial charge >= 0.3 is 0 Å². The number of benzene rings is 1. The van der Waals surface area contributed by atoms with E-state index in [2.05, 4.69) is 0 Å². The average Bonchev–Trinajstić information content (AvgIpc) is 2.39. The smallest absolute Gasteiger partial charge is 0.257 e. The Morgan fingerprint density at radius 2 is 1.94 bits per heavy atom. The third kappa shape index (κ3) is 3.18. The van der Waals surface area contributed by atoms with Crippen LogP contribution in [0.2, 0.25) is 0 Å². The molecule has 2 N–H and O–H groups in total. The fourth-order valence-electron chi connectivity index (χ4n) is 1.45. The van der Waals surface area contributed by atoms with E-state index in [1.54, 1.807) is 38.4 Å². The Kier molecular flexibility index (Phi) is 4.93. The molecule has 0 aliphatic carbocycles. The van der Waals surface area contributed by atoms with Crippen molar-refractivity contribution < 1.29 is 14.3 Å². The summed E-state index contributed by atoms with van der Waals surface area (Å²) in [4.78, 5) is 13.5. The van der Waals surface area contributed by atoms with Crippen LogP contribution in [0.4, 0.5) is 5.69 Å². The van der Waals surface area contributed by atoms with E-state index in [1.807, 2.05) is 0 Å². The van der Waals surface area contributed by atoms with Gasteiger partial charge in [-0.1, -0.05) is 0 Å². The fourth-order valence-corrected chi connectivity index (χ4v) is 1.45. The molecule has 0 fully saturated rings. The van der Waals surface area contributed by atoms with E-state index in [1.165, 1.54) is 12.0 Å². The van der Waals surface area contributed by atoms with Gasteiger partial charge in [0.25, 0.3) is 5.91 Å². The molecule has 0 saturated carbocycles. The number of carbonyl (C=O) groups excluding carboxylic acids is 1. The van der Waals surface area contributed by atoms with Crippen molar-refractivity contribution in [3.05, 3.63) is 24.3 Å².